The largest absolute Gasteiger partial charge is 0.391 e. The second-order valence-corrected chi connectivity index (χ2v) is 12.9. The van der Waals surface area contributed by atoms with Crippen molar-refractivity contribution in [2.45, 2.75) is 58.8 Å². The molecule has 0 bridgehead atoms. The van der Waals surface area contributed by atoms with E-state index in [0.717, 1.165) is 54.4 Å². The molecule has 3 amide bonds. The molecule has 1 aromatic heterocycles. The number of aliphatic hydroxyl groups excluding tert-OH is 1. The number of β-amino-alcohol motifs (C(OH)–C–C–N with tert-alkyl or cyclic N) is 1. The Balaban J connectivity index is 0.00000506. The normalized spacial score (nSPS) is 19.9. The second-order valence-electron chi connectivity index (χ2n) is 12.1. The maximum Gasteiger partial charge on any atom is 0.246 e. The third kappa shape index (κ3) is 9.69. The number of piperazine rings is 1. The van der Waals surface area contributed by atoms with Gasteiger partial charge in [-0.1, -0.05) is 45.0 Å². The minimum absolute atomic E-state index is 0. The number of amides is 3. The van der Waals surface area contributed by atoms with Crippen LogP contribution in [0.1, 0.15) is 38.4 Å². The molecule has 3 atom stereocenters. The van der Waals surface area contributed by atoms with Crippen LogP contribution in [0.3, 0.4) is 0 Å². The molecule has 2 aliphatic rings. The zero-order valence-electron chi connectivity index (χ0n) is 25.4. The van der Waals surface area contributed by atoms with Gasteiger partial charge in [0.15, 0.2) is 0 Å². The van der Waals surface area contributed by atoms with Gasteiger partial charge in [0.1, 0.15) is 18.7 Å². The number of carbonyl (C=O) groups excluding carboxylic acids is 3. The van der Waals surface area contributed by atoms with Crippen LogP contribution < -0.4 is 16.0 Å². The summed E-state index contributed by atoms with van der Waals surface area (Å²) in [6, 6.07) is 6.20. The average Bonchev–Trinajstić information content (AvgIpc) is 3.58. The van der Waals surface area contributed by atoms with Gasteiger partial charge in [-0.25, -0.2) is 4.98 Å². The van der Waals surface area contributed by atoms with Gasteiger partial charge in [-0.15, -0.1) is 23.7 Å². The fourth-order valence-corrected chi connectivity index (χ4v) is 6.09. The van der Waals surface area contributed by atoms with Crippen molar-refractivity contribution in [1.29, 1.82) is 0 Å². The lowest BCUT2D eigenvalue weighted by molar-refractivity contribution is -0.144. The molecule has 2 saturated heterocycles. The molecule has 0 radical (unpaired) electrons. The quantitative estimate of drug-likeness (QED) is 0.273. The molecule has 4 N–H and O–H groups in total. The fourth-order valence-electron chi connectivity index (χ4n) is 5.28. The molecular formula is C30H45ClN6O5S. The average molecular weight is 637 g/mol. The van der Waals surface area contributed by atoms with Crippen LogP contribution in [0.4, 0.5) is 0 Å². The first kappa shape index (κ1) is 34.9. The number of likely N-dealkylation sites (tertiary alicyclic amines) is 1. The molecule has 4 rings (SSSR count). The lowest BCUT2D eigenvalue weighted by Crippen LogP contribution is -2.58. The van der Waals surface area contributed by atoms with Gasteiger partial charge >= 0.3 is 0 Å². The molecule has 1 aromatic carbocycles. The summed E-state index contributed by atoms with van der Waals surface area (Å²) in [6.45, 7) is 12.7. The van der Waals surface area contributed by atoms with Gasteiger partial charge in [-0.3, -0.25) is 19.3 Å². The lowest BCUT2D eigenvalue weighted by atomic mass is 9.85. The number of hydrogen-bond acceptors (Lipinski definition) is 9. The van der Waals surface area contributed by atoms with Gasteiger partial charge in [-0.2, -0.15) is 0 Å². The monoisotopic (exact) mass is 636 g/mol. The van der Waals surface area contributed by atoms with Crippen molar-refractivity contribution in [2.75, 3.05) is 52.5 Å². The molecule has 2 aliphatic heterocycles. The third-order valence-electron chi connectivity index (χ3n) is 7.71. The number of aryl methyl sites for hydroxylation is 1. The number of carbonyl (C=O) groups is 3. The summed E-state index contributed by atoms with van der Waals surface area (Å²) < 4.78 is 5.60. The third-order valence-corrected chi connectivity index (χ3v) is 8.68. The molecular weight excluding hydrogens is 592 g/mol. The van der Waals surface area contributed by atoms with E-state index in [4.69, 9.17) is 4.74 Å². The van der Waals surface area contributed by atoms with Crippen molar-refractivity contribution in [1.82, 2.24) is 30.7 Å². The molecule has 2 fully saturated rings. The van der Waals surface area contributed by atoms with Gasteiger partial charge in [0, 0.05) is 52.2 Å². The van der Waals surface area contributed by atoms with Crippen molar-refractivity contribution in [3.05, 3.63) is 41.0 Å². The number of aromatic nitrogens is 1. The molecule has 238 valence electrons. The van der Waals surface area contributed by atoms with E-state index in [1.807, 2.05) is 57.5 Å². The number of halogens is 1. The van der Waals surface area contributed by atoms with Crippen molar-refractivity contribution >= 4 is 41.5 Å². The molecule has 3 heterocycles. The van der Waals surface area contributed by atoms with Crippen LogP contribution in [0.5, 0.6) is 0 Å². The lowest BCUT2D eigenvalue weighted by Gasteiger charge is -2.35. The Morgan fingerprint density at radius 3 is 2.51 bits per heavy atom. The standard InChI is InChI=1S/C30H44N6O5S.ClH/c1-20-26(42-19-33-20)22-7-5-21(6-8-22)16-32-28(39)24-15-23(37)17-36(24)29(40)27(30(2,3)4)34-25(38)18-41-14-13-35-11-9-31-10-12-35;/h5-8,19,23-24,27,31,37H,9-18H2,1-4H3,(H,32,39)(H,34,38);1H/t23-,24+,27-;/m1./s1. The van der Waals surface area contributed by atoms with E-state index in [-0.39, 0.29) is 43.8 Å². The molecule has 0 saturated carbocycles. The SMILES string of the molecule is Cc1ncsc1-c1ccc(CNC(=O)[C@@H]2C[C@@H](O)CN2C(=O)[C@@H](NC(=O)COCCN2CCNCC2)C(C)(C)C)cc1.Cl. The number of hydrogen-bond donors (Lipinski definition) is 4. The highest BCUT2D eigenvalue weighted by molar-refractivity contribution is 7.13. The molecule has 0 aliphatic carbocycles. The first-order valence-electron chi connectivity index (χ1n) is 14.6. The van der Waals surface area contributed by atoms with Crippen molar-refractivity contribution in [3.63, 3.8) is 0 Å². The Morgan fingerprint density at radius 2 is 1.88 bits per heavy atom. The molecule has 13 heteroatoms. The van der Waals surface area contributed by atoms with Crippen LogP contribution in [-0.4, -0.2) is 108 Å². The van der Waals surface area contributed by atoms with E-state index in [1.54, 1.807) is 11.3 Å². The van der Waals surface area contributed by atoms with Crippen molar-refractivity contribution in [3.8, 4) is 10.4 Å². The first-order chi connectivity index (χ1) is 20.0. The van der Waals surface area contributed by atoms with E-state index < -0.39 is 29.5 Å². The van der Waals surface area contributed by atoms with E-state index in [2.05, 4.69) is 25.8 Å². The van der Waals surface area contributed by atoms with Crippen molar-refractivity contribution < 1.29 is 24.2 Å². The maximum atomic E-state index is 13.7. The molecule has 0 unspecified atom stereocenters. The number of nitrogens with zero attached hydrogens (tertiary/aromatic N) is 3. The smallest absolute Gasteiger partial charge is 0.246 e. The number of benzene rings is 1. The number of nitrogens with one attached hydrogen (secondary N) is 3. The van der Waals surface area contributed by atoms with Gasteiger partial charge in [-0.05, 0) is 23.5 Å². The van der Waals surface area contributed by atoms with E-state index in [0.29, 0.717) is 13.2 Å². The summed E-state index contributed by atoms with van der Waals surface area (Å²) in [6.07, 6.45) is -0.683. The van der Waals surface area contributed by atoms with E-state index >= 15 is 0 Å². The van der Waals surface area contributed by atoms with Crippen molar-refractivity contribution in [2.24, 2.45) is 5.41 Å². The van der Waals surface area contributed by atoms with Gasteiger partial charge in [0.05, 0.1) is 28.8 Å². The van der Waals surface area contributed by atoms with Crippen LogP contribution in [0.2, 0.25) is 0 Å². The predicted octanol–water partition coefficient (Wildman–Crippen LogP) is 1.57. The Morgan fingerprint density at radius 1 is 1.19 bits per heavy atom. The van der Waals surface area contributed by atoms with Crippen LogP contribution in [-0.2, 0) is 25.7 Å². The molecule has 0 spiro atoms. The topological polar surface area (TPSA) is 136 Å². The highest BCUT2D eigenvalue weighted by atomic mass is 35.5. The van der Waals surface area contributed by atoms with Crippen LogP contribution >= 0.6 is 23.7 Å². The van der Waals surface area contributed by atoms with Crippen LogP contribution in [0.15, 0.2) is 29.8 Å². The highest BCUT2D eigenvalue weighted by Crippen LogP contribution is 2.28. The number of rotatable bonds is 11. The van der Waals surface area contributed by atoms with E-state index in [9.17, 15) is 19.5 Å². The Hall–Kier alpha value is -2.61. The summed E-state index contributed by atoms with van der Waals surface area (Å²) in [4.78, 5) is 48.8. The first-order valence-corrected chi connectivity index (χ1v) is 15.5. The van der Waals surface area contributed by atoms with Gasteiger partial charge in [0.2, 0.25) is 17.7 Å². The molecule has 43 heavy (non-hydrogen) atoms. The zero-order chi connectivity index (χ0) is 30.3. The van der Waals surface area contributed by atoms with Gasteiger partial charge < -0.3 is 30.7 Å². The minimum atomic E-state index is -0.884. The Bertz CT molecular complexity index is 1210. The highest BCUT2D eigenvalue weighted by Gasteiger charge is 2.44. The van der Waals surface area contributed by atoms with E-state index in [1.165, 1.54) is 4.90 Å². The minimum Gasteiger partial charge on any atom is -0.391 e. The molecule has 11 nitrogen and oxygen atoms in total. The number of aliphatic hydroxyl groups is 1. The summed E-state index contributed by atoms with van der Waals surface area (Å²) in [5, 5.41) is 19.5. The summed E-state index contributed by atoms with van der Waals surface area (Å²) in [7, 11) is 0. The maximum absolute atomic E-state index is 13.7. The summed E-state index contributed by atoms with van der Waals surface area (Å²) in [5.41, 5.74) is 4.17. The predicted molar refractivity (Wildman–Crippen MR) is 169 cm³/mol. The molecule has 2 aromatic rings. The summed E-state index contributed by atoms with van der Waals surface area (Å²) in [5.74, 6) is -1.11. The van der Waals surface area contributed by atoms with Gasteiger partial charge in [0.25, 0.3) is 0 Å². The van der Waals surface area contributed by atoms with Crippen LogP contribution in [0.25, 0.3) is 10.4 Å². The number of ether oxygens (including phenoxy) is 1. The summed E-state index contributed by atoms with van der Waals surface area (Å²) >= 11 is 1.59. The second kappa shape index (κ2) is 15.9. The Labute approximate surface area is 264 Å². The Kier molecular flexibility index (Phi) is 12.9. The zero-order valence-corrected chi connectivity index (χ0v) is 27.1. The van der Waals surface area contributed by atoms with Crippen LogP contribution in [0, 0.1) is 12.3 Å². The number of thiazole rings is 1. The fraction of sp³-hybridized carbons (Fsp3) is 0.600.